The van der Waals surface area contributed by atoms with Crippen LogP contribution >= 0.6 is 0 Å². The molecule has 0 aromatic heterocycles. The lowest BCUT2D eigenvalue weighted by atomic mass is 10.0. The molecule has 0 amide bonds. The number of piperazine rings is 1. The first kappa shape index (κ1) is 16.7. The zero-order valence-electron chi connectivity index (χ0n) is 14.2. The maximum atomic E-state index is 5.58. The van der Waals surface area contributed by atoms with Crippen molar-refractivity contribution < 1.29 is 9.47 Å². The summed E-state index contributed by atoms with van der Waals surface area (Å²) in [7, 11) is 0. The molecule has 1 N–H and O–H groups in total. The van der Waals surface area contributed by atoms with Crippen molar-refractivity contribution in [2.24, 2.45) is 0 Å². The lowest BCUT2D eigenvalue weighted by Gasteiger charge is -2.39. The molecule has 0 saturated carbocycles. The average molecular weight is 319 g/mol. The summed E-state index contributed by atoms with van der Waals surface area (Å²) >= 11 is 0. The van der Waals surface area contributed by atoms with Crippen LogP contribution in [0.4, 0.5) is 0 Å². The SMILES string of the molecule is CCOc1ccc(C(CN2CCNCC2)N2CCOCC2)cc1. The number of hydrogen-bond donors (Lipinski definition) is 1. The van der Waals surface area contributed by atoms with Crippen molar-refractivity contribution in [1.82, 2.24) is 15.1 Å². The Hall–Kier alpha value is -1.14. The van der Waals surface area contributed by atoms with E-state index >= 15 is 0 Å². The number of ether oxygens (including phenoxy) is 2. The van der Waals surface area contributed by atoms with E-state index in [1.807, 2.05) is 6.92 Å². The van der Waals surface area contributed by atoms with Crippen LogP contribution in [0.15, 0.2) is 24.3 Å². The molecule has 1 atom stereocenters. The standard InChI is InChI=1S/C18H29N3O2/c1-2-23-17-5-3-16(4-6-17)18(21-11-13-22-14-12-21)15-20-9-7-19-8-10-20/h3-6,18-19H,2,7-15H2,1H3. The summed E-state index contributed by atoms with van der Waals surface area (Å²) in [5, 5.41) is 3.44. The van der Waals surface area contributed by atoms with Gasteiger partial charge in [0.25, 0.3) is 0 Å². The summed E-state index contributed by atoms with van der Waals surface area (Å²) in [6, 6.07) is 9.10. The normalized spacial score (nSPS) is 22.0. The van der Waals surface area contributed by atoms with Crippen LogP contribution in [0.25, 0.3) is 0 Å². The lowest BCUT2D eigenvalue weighted by Crippen LogP contribution is -2.49. The van der Waals surface area contributed by atoms with Crippen molar-refractivity contribution in [1.29, 1.82) is 0 Å². The van der Waals surface area contributed by atoms with Gasteiger partial charge in [0.15, 0.2) is 0 Å². The number of benzene rings is 1. The van der Waals surface area contributed by atoms with Gasteiger partial charge in [-0.1, -0.05) is 12.1 Å². The quantitative estimate of drug-likeness (QED) is 0.857. The van der Waals surface area contributed by atoms with Gasteiger partial charge in [-0.3, -0.25) is 9.80 Å². The Morgan fingerprint density at radius 1 is 1.09 bits per heavy atom. The van der Waals surface area contributed by atoms with E-state index in [2.05, 4.69) is 39.4 Å². The van der Waals surface area contributed by atoms with Gasteiger partial charge in [-0.2, -0.15) is 0 Å². The molecule has 5 heteroatoms. The van der Waals surface area contributed by atoms with Gasteiger partial charge in [-0.15, -0.1) is 0 Å². The molecule has 2 aliphatic heterocycles. The van der Waals surface area contributed by atoms with E-state index in [1.54, 1.807) is 0 Å². The minimum Gasteiger partial charge on any atom is -0.494 e. The molecule has 2 fully saturated rings. The van der Waals surface area contributed by atoms with Gasteiger partial charge < -0.3 is 14.8 Å². The first-order valence-electron chi connectivity index (χ1n) is 8.84. The third-order valence-electron chi connectivity index (χ3n) is 4.70. The van der Waals surface area contributed by atoms with E-state index in [4.69, 9.17) is 9.47 Å². The Labute approximate surface area is 139 Å². The predicted octanol–water partition coefficient (Wildman–Crippen LogP) is 1.36. The fourth-order valence-corrected chi connectivity index (χ4v) is 3.41. The maximum Gasteiger partial charge on any atom is 0.119 e. The van der Waals surface area contributed by atoms with E-state index in [-0.39, 0.29) is 0 Å². The summed E-state index contributed by atoms with van der Waals surface area (Å²) in [6.45, 7) is 12.0. The molecule has 0 radical (unpaired) electrons. The molecular formula is C18H29N3O2. The number of hydrogen-bond acceptors (Lipinski definition) is 5. The maximum absolute atomic E-state index is 5.58. The first-order chi connectivity index (χ1) is 11.4. The smallest absolute Gasteiger partial charge is 0.119 e. The van der Waals surface area contributed by atoms with Gasteiger partial charge in [0.2, 0.25) is 0 Å². The molecule has 5 nitrogen and oxygen atoms in total. The van der Waals surface area contributed by atoms with Gasteiger partial charge in [-0.25, -0.2) is 0 Å². The van der Waals surface area contributed by atoms with Gasteiger partial charge in [0.1, 0.15) is 5.75 Å². The Balaban J connectivity index is 1.72. The van der Waals surface area contributed by atoms with Gasteiger partial charge in [0.05, 0.1) is 19.8 Å². The molecule has 1 aromatic carbocycles. The Kier molecular flexibility index (Phi) is 6.28. The van der Waals surface area contributed by atoms with Crippen LogP contribution in [0.5, 0.6) is 5.75 Å². The molecule has 2 aliphatic rings. The highest BCUT2D eigenvalue weighted by atomic mass is 16.5. The fraction of sp³-hybridized carbons (Fsp3) is 0.667. The number of nitrogens with zero attached hydrogens (tertiary/aromatic N) is 2. The monoisotopic (exact) mass is 319 g/mol. The minimum absolute atomic E-state index is 0.438. The van der Waals surface area contributed by atoms with Crippen LogP contribution in [0, 0.1) is 0 Å². The van der Waals surface area contributed by atoms with Crippen LogP contribution in [0.2, 0.25) is 0 Å². The summed E-state index contributed by atoms with van der Waals surface area (Å²) < 4.78 is 11.1. The molecule has 1 aromatic rings. The predicted molar refractivity (Wildman–Crippen MR) is 92.1 cm³/mol. The highest BCUT2D eigenvalue weighted by molar-refractivity contribution is 5.29. The van der Waals surface area contributed by atoms with Crippen LogP contribution in [-0.2, 0) is 4.74 Å². The summed E-state index contributed by atoms with van der Waals surface area (Å²) in [4.78, 5) is 5.15. The fourth-order valence-electron chi connectivity index (χ4n) is 3.41. The lowest BCUT2D eigenvalue weighted by molar-refractivity contribution is 0.00667. The van der Waals surface area contributed by atoms with Gasteiger partial charge in [-0.05, 0) is 24.6 Å². The molecule has 23 heavy (non-hydrogen) atoms. The second-order valence-corrected chi connectivity index (χ2v) is 6.22. The molecule has 2 heterocycles. The van der Waals surface area contributed by atoms with Crippen LogP contribution in [0.1, 0.15) is 18.5 Å². The van der Waals surface area contributed by atoms with Crippen LogP contribution in [-0.4, -0.2) is 75.4 Å². The van der Waals surface area contributed by atoms with Crippen LogP contribution < -0.4 is 10.1 Å². The van der Waals surface area contributed by atoms with E-state index < -0.39 is 0 Å². The van der Waals surface area contributed by atoms with Crippen molar-refractivity contribution >= 4 is 0 Å². The van der Waals surface area contributed by atoms with Gasteiger partial charge in [0, 0.05) is 51.9 Å². The summed E-state index contributed by atoms with van der Waals surface area (Å²) in [5.41, 5.74) is 1.38. The van der Waals surface area contributed by atoms with Crippen molar-refractivity contribution in [2.45, 2.75) is 13.0 Å². The molecular weight excluding hydrogens is 290 g/mol. The number of morpholine rings is 1. The molecule has 2 saturated heterocycles. The number of rotatable bonds is 6. The summed E-state index contributed by atoms with van der Waals surface area (Å²) in [5.74, 6) is 0.958. The van der Waals surface area contributed by atoms with E-state index in [9.17, 15) is 0 Å². The van der Waals surface area contributed by atoms with Crippen molar-refractivity contribution in [3.05, 3.63) is 29.8 Å². The molecule has 0 bridgehead atoms. The third-order valence-corrected chi connectivity index (χ3v) is 4.70. The highest BCUT2D eigenvalue weighted by Crippen LogP contribution is 2.25. The van der Waals surface area contributed by atoms with E-state index in [1.165, 1.54) is 5.56 Å². The second-order valence-electron chi connectivity index (χ2n) is 6.22. The molecule has 1 unspecified atom stereocenters. The molecule has 3 rings (SSSR count). The topological polar surface area (TPSA) is 37.0 Å². The summed E-state index contributed by atoms with van der Waals surface area (Å²) in [6.07, 6.45) is 0. The molecule has 128 valence electrons. The number of nitrogens with one attached hydrogen (secondary N) is 1. The first-order valence-corrected chi connectivity index (χ1v) is 8.84. The second kappa shape index (κ2) is 8.64. The largest absolute Gasteiger partial charge is 0.494 e. The zero-order chi connectivity index (χ0) is 15.9. The zero-order valence-corrected chi connectivity index (χ0v) is 14.2. The van der Waals surface area contributed by atoms with E-state index in [0.717, 1.165) is 64.8 Å². The van der Waals surface area contributed by atoms with Crippen molar-refractivity contribution in [3.63, 3.8) is 0 Å². The average Bonchev–Trinajstić information content (AvgIpc) is 2.62. The molecule has 0 aliphatic carbocycles. The third kappa shape index (κ3) is 4.67. The van der Waals surface area contributed by atoms with Gasteiger partial charge >= 0.3 is 0 Å². The Bertz CT molecular complexity index is 454. The van der Waals surface area contributed by atoms with Crippen molar-refractivity contribution in [3.8, 4) is 5.75 Å². The van der Waals surface area contributed by atoms with Crippen molar-refractivity contribution in [2.75, 3.05) is 65.6 Å². The van der Waals surface area contributed by atoms with Crippen LogP contribution in [0.3, 0.4) is 0 Å². The Morgan fingerprint density at radius 3 is 2.43 bits per heavy atom. The minimum atomic E-state index is 0.438. The molecule has 0 spiro atoms. The van der Waals surface area contributed by atoms with E-state index in [0.29, 0.717) is 12.6 Å². The highest BCUT2D eigenvalue weighted by Gasteiger charge is 2.25. The Morgan fingerprint density at radius 2 is 1.78 bits per heavy atom.